The number of halogens is 3. The van der Waals surface area contributed by atoms with Gasteiger partial charge in [-0.05, 0) is 0 Å². The summed E-state index contributed by atoms with van der Waals surface area (Å²) in [6.45, 7) is 0. The van der Waals surface area contributed by atoms with Gasteiger partial charge in [-0.1, -0.05) is 0 Å². The molecule has 0 rings (SSSR count). The van der Waals surface area contributed by atoms with E-state index in [1.807, 2.05) is 0 Å². The molecule has 0 aliphatic heterocycles. The van der Waals surface area contributed by atoms with Crippen LogP contribution in [-0.2, 0) is 14.4 Å². The molecule has 0 aromatic heterocycles. The van der Waals surface area contributed by atoms with Gasteiger partial charge in [0.25, 0.3) is 0 Å². The van der Waals surface area contributed by atoms with Crippen LogP contribution in [0, 0.1) is 0 Å². The summed E-state index contributed by atoms with van der Waals surface area (Å²) in [5, 5.41) is 0. The average Bonchev–Trinajstić information content (AvgIpc) is 0.811. The molecule has 0 aliphatic carbocycles. The zero-order chi connectivity index (χ0) is 3.58. The van der Waals surface area contributed by atoms with Gasteiger partial charge in [-0.3, -0.25) is 0 Å². The second kappa shape index (κ2) is 15.7. The van der Waals surface area contributed by atoms with Crippen molar-refractivity contribution >= 4 is 36.9 Å². The summed E-state index contributed by atoms with van der Waals surface area (Å²) in [7, 11) is 0. The van der Waals surface area contributed by atoms with E-state index in [-0.39, 0.29) is 16.4 Å². The van der Waals surface area contributed by atoms with Crippen LogP contribution in [0.25, 0.3) is 0 Å². The Bertz CT molecular complexity index is 14.9. The van der Waals surface area contributed by atoms with E-state index in [4.69, 9.17) is 0 Å². The molecule has 0 saturated carbocycles. The predicted molar refractivity (Wildman–Crippen MR) is 37.6 cm³/mol. The maximum atomic E-state index is 3.29. The van der Waals surface area contributed by atoms with Gasteiger partial charge in [-0.2, -0.15) is 0 Å². The van der Waals surface area contributed by atoms with Crippen LogP contribution < -0.4 is 0 Å². The monoisotopic (exact) mass is 336 g/mol. The fourth-order valence-corrected chi connectivity index (χ4v) is 0. The summed E-state index contributed by atoms with van der Waals surface area (Å²) in [6.07, 6.45) is 0. The summed E-state index contributed by atoms with van der Waals surface area (Å²) in [5.41, 5.74) is 0. The molecule has 0 spiro atoms. The first-order valence-electron chi connectivity index (χ1n) is 0.655. The van der Waals surface area contributed by atoms with Gasteiger partial charge in [-0.25, -0.2) is 0 Å². The molecular formula is H6Br3O3Sc. The normalized spacial score (nSPS) is 3.86. The van der Waals surface area contributed by atoms with Crippen LogP contribution in [0.2, 0.25) is 0 Å². The van der Waals surface area contributed by atoms with Crippen molar-refractivity contribution in [3.63, 3.8) is 0 Å². The van der Waals surface area contributed by atoms with Gasteiger partial charge in [-0.15, -0.1) is 0 Å². The van der Waals surface area contributed by atoms with Gasteiger partial charge in [0, 0.05) is 0 Å². The minimum absolute atomic E-state index is 0. The first-order chi connectivity index (χ1) is 1.73. The third-order valence-corrected chi connectivity index (χ3v) is 0. The van der Waals surface area contributed by atoms with E-state index in [0.717, 1.165) is 0 Å². The van der Waals surface area contributed by atoms with E-state index in [0.29, 0.717) is 0 Å². The molecule has 0 bridgehead atoms. The zero-order valence-corrected chi connectivity index (χ0v) is 9.77. The molecule has 0 radical (unpaired) electrons. The van der Waals surface area contributed by atoms with Gasteiger partial charge in [0.1, 0.15) is 0 Å². The van der Waals surface area contributed by atoms with Crippen molar-refractivity contribution in [1.82, 2.24) is 0 Å². The zero-order valence-electron chi connectivity index (χ0n) is 3.21. The van der Waals surface area contributed by atoms with Crippen LogP contribution in [0.4, 0.5) is 0 Å². The molecule has 0 fully saturated rings. The number of hydrogen-bond donors (Lipinski definition) is 0. The summed E-state index contributed by atoms with van der Waals surface area (Å²) in [5.74, 6) is 0. The molecule has 0 saturated heterocycles. The van der Waals surface area contributed by atoms with Crippen LogP contribution in [-0.4, -0.2) is 16.4 Å². The Morgan fingerprint density at radius 1 is 0.714 bits per heavy atom. The van der Waals surface area contributed by atoms with Gasteiger partial charge in [0.15, 0.2) is 0 Å². The molecule has 0 aromatic rings. The van der Waals surface area contributed by atoms with Crippen molar-refractivity contribution in [3.8, 4) is 0 Å². The maximum absolute atomic E-state index is 3.29. The Hall–Kier alpha value is 2.19. The fraction of sp³-hybridized carbons (Fsp3) is 0. The van der Waals surface area contributed by atoms with Gasteiger partial charge in [0.2, 0.25) is 0 Å². The molecular weight excluding hydrogens is 333 g/mol. The van der Waals surface area contributed by atoms with E-state index in [2.05, 4.69) is 36.9 Å². The predicted octanol–water partition coefficient (Wildman–Crippen LogP) is 0.0602. The second-order valence-electron chi connectivity index (χ2n) is 0.247. The molecule has 48 valence electrons. The molecule has 0 amide bonds. The summed E-state index contributed by atoms with van der Waals surface area (Å²) in [6, 6.07) is 0. The molecule has 0 unspecified atom stereocenters. The third-order valence-electron chi connectivity index (χ3n) is 0. The average molecular weight is 339 g/mol. The number of rotatable bonds is 0. The summed E-state index contributed by atoms with van der Waals surface area (Å²) >= 11 is 8.83. The minimum atomic E-state index is -1.04. The molecule has 3 nitrogen and oxygen atoms in total. The Labute approximate surface area is 66.8 Å². The topological polar surface area (TPSA) is 94.5 Å². The van der Waals surface area contributed by atoms with Crippen LogP contribution >= 0.6 is 36.9 Å². The van der Waals surface area contributed by atoms with E-state index in [1.165, 1.54) is 0 Å². The summed E-state index contributed by atoms with van der Waals surface area (Å²) < 4.78 is 0. The van der Waals surface area contributed by atoms with Crippen molar-refractivity contribution in [2.75, 3.05) is 0 Å². The Morgan fingerprint density at radius 3 is 0.714 bits per heavy atom. The Morgan fingerprint density at radius 2 is 0.714 bits per heavy atom. The van der Waals surface area contributed by atoms with E-state index < -0.39 is 14.4 Å². The molecule has 7 heteroatoms. The molecule has 7 heavy (non-hydrogen) atoms. The van der Waals surface area contributed by atoms with Gasteiger partial charge < -0.3 is 16.4 Å². The quantitative estimate of drug-likeness (QED) is 0.597. The van der Waals surface area contributed by atoms with E-state index >= 15 is 0 Å². The standard InChI is InChI=1S/3BrH.3H2O.Sc/h3*1H;3*1H2;/q;;;;;;+3/p-3. The van der Waals surface area contributed by atoms with Crippen molar-refractivity contribution < 1.29 is 30.9 Å². The van der Waals surface area contributed by atoms with Crippen LogP contribution in [0.1, 0.15) is 0 Å². The molecule has 0 aliphatic rings. The SMILES string of the molecule is O.O.O.[Br][Sc]([Br])[Br]. The molecule has 0 heterocycles. The summed E-state index contributed by atoms with van der Waals surface area (Å²) in [4.78, 5) is 0. The van der Waals surface area contributed by atoms with Crippen molar-refractivity contribution in [2.45, 2.75) is 0 Å². The molecule has 0 atom stereocenters. The number of hydrogen-bond acceptors (Lipinski definition) is 0. The Kier molecular flexibility index (Phi) is 51.4. The van der Waals surface area contributed by atoms with Gasteiger partial charge in [0.05, 0.1) is 0 Å². The molecule has 6 N–H and O–H groups in total. The van der Waals surface area contributed by atoms with Crippen molar-refractivity contribution in [2.24, 2.45) is 0 Å². The fourth-order valence-electron chi connectivity index (χ4n) is 0. The molecule has 0 aromatic carbocycles. The van der Waals surface area contributed by atoms with Crippen molar-refractivity contribution in [1.29, 1.82) is 0 Å². The Balaban J connectivity index is -0.0000000150. The first-order valence-corrected chi connectivity index (χ1v) is 14.0. The van der Waals surface area contributed by atoms with Crippen LogP contribution in [0.15, 0.2) is 0 Å². The van der Waals surface area contributed by atoms with Crippen molar-refractivity contribution in [3.05, 3.63) is 0 Å². The van der Waals surface area contributed by atoms with E-state index in [9.17, 15) is 0 Å². The second-order valence-corrected chi connectivity index (χ2v) is 27.5. The van der Waals surface area contributed by atoms with Crippen LogP contribution in [0.5, 0.6) is 0 Å². The third kappa shape index (κ3) is 65.4. The van der Waals surface area contributed by atoms with Crippen LogP contribution in [0.3, 0.4) is 0 Å². The van der Waals surface area contributed by atoms with E-state index in [1.54, 1.807) is 0 Å². The first kappa shape index (κ1) is 22.9. The van der Waals surface area contributed by atoms with Gasteiger partial charge >= 0.3 is 51.3 Å².